The Kier molecular flexibility index (Phi) is 5.06. The maximum Gasteiger partial charge on any atom is 0.326 e. The third-order valence-corrected chi connectivity index (χ3v) is 2.31. The van der Waals surface area contributed by atoms with E-state index in [-0.39, 0.29) is 13.0 Å². The molecule has 1 heterocycles. The molecule has 0 aliphatic carbocycles. The van der Waals surface area contributed by atoms with Crippen LogP contribution < -0.4 is 10.6 Å². The third-order valence-electron chi connectivity index (χ3n) is 2.31. The van der Waals surface area contributed by atoms with Crippen molar-refractivity contribution < 1.29 is 19.8 Å². The zero-order valence-electron chi connectivity index (χ0n) is 9.88. The Balaban J connectivity index is 2.61. The lowest BCUT2D eigenvalue weighted by Crippen LogP contribution is -2.43. The number of aromatic nitrogens is 1. The molecule has 0 fully saturated rings. The molecule has 1 aromatic rings. The minimum atomic E-state index is -1.19. The van der Waals surface area contributed by atoms with Crippen LogP contribution in [0.4, 0.5) is 10.5 Å². The molecule has 0 unspecified atom stereocenters. The van der Waals surface area contributed by atoms with Gasteiger partial charge in [-0.15, -0.1) is 0 Å². The number of anilines is 1. The number of nitrogens with zero attached hydrogens (tertiary/aromatic N) is 1. The number of aryl methyl sites for hydroxylation is 1. The van der Waals surface area contributed by atoms with E-state index in [1.165, 1.54) is 6.20 Å². The van der Waals surface area contributed by atoms with E-state index in [1.54, 1.807) is 19.2 Å². The maximum atomic E-state index is 11.6. The molecule has 1 rings (SSSR count). The van der Waals surface area contributed by atoms with E-state index in [0.29, 0.717) is 5.69 Å². The summed E-state index contributed by atoms with van der Waals surface area (Å²) < 4.78 is 0. The number of aliphatic hydroxyl groups excluding tert-OH is 1. The number of carbonyl (C=O) groups excluding carboxylic acids is 1. The van der Waals surface area contributed by atoms with E-state index in [0.717, 1.165) is 5.56 Å². The molecule has 7 nitrogen and oxygen atoms in total. The number of pyridine rings is 1. The molecule has 98 valence electrons. The Labute approximate surface area is 104 Å². The van der Waals surface area contributed by atoms with Crippen LogP contribution in [0.3, 0.4) is 0 Å². The first kappa shape index (κ1) is 13.9. The van der Waals surface area contributed by atoms with Gasteiger partial charge < -0.3 is 20.8 Å². The predicted octanol–water partition coefficient (Wildman–Crippen LogP) is 0.347. The number of amides is 2. The van der Waals surface area contributed by atoms with Crippen LogP contribution in [0.2, 0.25) is 0 Å². The van der Waals surface area contributed by atoms with E-state index >= 15 is 0 Å². The van der Waals surface area contributed by atoms with E-state index in [9.17, 15) is 9.59 Å². The second-order valence-electron chi connectivity index (χ2n) is 3.69. The number of carboxylic acids is 1. The molecule has 0 bridgehead atoms. The van der Waals surface area contributed by atoms with Crippen LogP contribution in [0, 0.1) is 6.92 Å². The number of carbonyl (C=O) groups is 2. The SMILES string of the molecule is Cc1ccncc1NC(=O)N[C@@H](CCO)C(=O)O. The largest absolute Gasteiger partial charge is 0.480 e. The van der Waals surface area contributed by atoms with Crippen molar-refractivity contribution in [1.82, 2.24) is 10.3 Å². The Morgan fingerprint density at radius 1 is 1.50 bits per heavy atom. The lowest BCUT2D eigenvalue weighted by molar-refractivity contribution is -0.139. The van der Waals surface area contributed by atoms with Crippen LogP contribution in [0.15, 0.2) is 18.5 Å². The van der Waals surface area contributed by atoms with Crippen molar-refractivity contribution in [3.05, 3.63) is 24.0 Å². The van der Waals surface area contributed by atoms with Crippen LogP contribution in [0.1, 0.15) is 12.0 Å². The van der Waals surface area contributed by atoms with Crippen molar-refractivity contribution in [1.29, 1.82) is 0 Å². The summed E-state index contributed by atoms with van der Waals surface area (Å²) in [6, 6.07) is -0.0446. The van der Waals surface area contributed by atoms with Gasteiger partial charge in [0, 0.05) is 19.2 Å². The van der Waals surface area contributed by atoms with Crippen LogP contribution >= 0.6 is 0 Å². The fourth-order valence-corrected chi connectivity index (χ4v) is 1.30. The van der Waals surface area contributed by atoms with E-state index in [4.69, 9.17) is 10.2 Å². The molecule has 1 aromatic heterocycles. The average Bonchev–Trinajstić information content (AvgIpc) is 2.31. The molecule has 7 heteroatoms. The molecule has 0 aliphatic heterocycles. The van der Waals surface area contributed by atoms with Gasteiger partial charge in [0.2, 0.25) is 0 Å². The van der Waals surface area contributed by atoms with Crippen LogP contribution in [0.5, 0.6) is 0 Å². The van der Waals surface area contributed by atoms with Gasteiger partial charge in [0.05, 0.1) is 11.9 Å². The topological polar surface area (TPSA) is 112 Å². The van der Waals surface area contributed by atoms with Gasteiger partial charge in [0.1, 0.15) is 6.04 Å². The van der Waals surface area contributed by atoms with Crippen molar-refractivity contribution in [2.45, 2.75) is 19.4 Å². The molecular formula is C11H15N3O4. The molecule has 18 heavy (non-hydrogen) atoms. The van der Waals surface area contributed by atoms with Crippen LogP contribution in [0.25, 0.3) is 0 Å². The molecule has 0 aromatic carbocycles. The van der Waals surface area contributed by atoms with E-state index < -0.39 is 18.0 Å². The number of carboxylic acid groups (broad SMARTS) is 1. The van der Waals surface area contributed by atoms with Gasteiger partial charge in [-0.3, -0.25) is 4.98 Å². The number of hydrogen-bond acceptors (Lipinski definition) is 4. The van der Waals surface area contributed by atoms with Crippen molar-refractivity contribution in [3.63, 3.8) is 0 Å². The Bertz CT molecular complexity index is 436. The van der Waals surface area contributed by atoms with Gasteiger partial charge in [0.25, 0.3) is 0 Å². The number of urea groups is 1. The van der Waals surface area contributed by atoms with Crippen molar-refractivity contribution in [3.8, 4) is 0 Å². The number of rotatable bonds is 5. The highest BCUT2D eigenvalue weighted by Crippen LogP contribution is 2.10. The molecule has 2 amide bonds. The summed E-state index contributed by atoms with van der Waals surface area (Å²) in [6.07, 6.45) is 3.01. The summed E-state index contributed by atoms with van der Waals surface area (Å²) in [7, 11) is 0. The van der Waals surface area contributed by atoms with E-state index in [2.05, 4.69) is 15.6 Å². The lowest BCUT2D eigenvalue weighted by Gasteiger charge is -2.14. The highest BCUT2D eigenvalue weighted by atomic mass is 16.4. The summed E-state index contributed by atoms with van der Waals surface area (Å²) >= 11 is 0. The highest BCUT2D eigenvalue weighted by molar-refractivity contribution is 5.92. The molecule has 0 saturated carbocycles. The Morgan fingerprint density at radius 3 is 2.78 bits per heavy atom. The van der Waals surface area contributed by atoms with Gasteiger partial charge in [0.15, 0.2) is 0 Å². The van der Waals surface area contributed by atoms with Gasteiger partial charge >= 0.3 is 12.0 Å². The Morgan fingerprint density at radius 2 is 2.22 bits per heavy atom. The maximum absolute atomic E-state index is 11.6. The van der Waals surface area contributed by atoms with Gasteiger partial charge in [-0.2, -0.15) is 0 Å². The standard InChI is InChI=1S/C11H15N3O4/c1-7-2-4-12-6-9(7)14-11(18)13-8(3-5-15)10(16)17/h2,4,6,8,15H,3,5H2,1H3,(H,16,17)(H2,13,14,18)/t8-/m0/s1. The van der Waals surface area contributed by atoms with E-state index in [1.807, 2.05) is 0 Å². The van der Waals surface area contributed by atoms with Gasteiger partial charge in [-0.1, -0.05) is 0 Å². The summed E-state index contributed by atoms with van der Waals surface area (Å²) in [5, 5.41) is 22.2. The molecule has 0 spiro atoms. The first-order valence-electron chi connectivity index (χ1n) is 5.36. The molecule has 0 saturated heterocycles. The number of aliphatic carboxylic acids is 1. The zero-order chi connectivity index (χ0) is 13.5. The second kappa shape index (κ2) is 6.55. The first-order valence-corrected chi connectivity index (χ1v) is 5.36. The number of nitrogens with one attached hydrogen (secondary N) is 2. The molecule has 1 atom stereocenters. The summed E-state index contributed by atoms with van der Waals surface area (Å²) in [6.45, 7) is 1.48. The Hall–Kier alpha value is -2.15. The molecular weight excluding hydrogens is 238 g/mol. The van der Waals surface area contributed by atoms with Crippen molar-refractivity contribution in [2.24, 2.45) is 0 Å². The predicted molar refractivity (Wildman–Crippen MR) is 64.3 cm³/mol. The highest BCUT2D eigenvalue weighted by Gasteiger charge is 2.19. The molecule has 0 radical (unpaired) electrons. The lowest BCUT2D eigenvalue weighted by atomic mass is 10.2. The van der Waals surface area contributed by atoms with Crippen molar-refractivity contribution in [2.75, 3.05) is 11.9 Å². The number of hydrogen-bond donors (Lipinski definition) is 4. The number of aliphatic hydroxyl groups is 1. The summed E-state index contributed by atoms with van der Waals surface area (Å²) in [5.74, 6) is -1.19. The fourth-order valence-electron chi connectivity index (χ4n) is 1.30. The van der Waals surface area contributed by atoms with Crippen LogP contribution in [-0.4, -0.2) is 39.8 Å². The molecule has 0 aliphatic rings. The fraction of sp³-hybridized carbons (Fsp3) is 0.364. The van der Waals surface area contributed by atoms with Crippen molar-refractivity contribution >= 4 is 17.7 Å². The monoisotopic (exact) mass is 253 g/mol. The zero-order valence-corrected chi connectivity index (χ0v) is 9.88. The normalized spacial score (nSPS) is 11.7. The molecule has 4 N–H and O–H groups in total. The van der Waals surface area contributed by atoms with Gasteiger partial charge in [-0.25, -0.2) is 9.59 Å². The minimum Gasteiger partial charge on any atom is -0.480 e. The average molecular weight is 253 g/mol. The second-order valence-corrected chi connectivity index (χ2v) is 3.69. The van der Waals surface area contributed by atoms with Gasteiger partial charge in [-0.05, 0) is 18.6 Å². The third kappa shape index (κ3) is 4.02. The first-order chi connectivity index (χ1) is 8.54. The smallest absolute Gasteiger partial charge is 0.326 e. The summed E-state index contributed by atoms with van der Waals surface area (Å²) in [4.78, 5) is 26.2. The minimum absolute atomic E-state index is 0.0469. The quantitative estimate of drug-likeness (QED) is 0.605. The summed E-state index contributed by atoms with van der Waals surface area (Å²) in [5.41, 5.74) is 1.32. The van der Waals surface area contributed by atoms with Crippen LogP contribution in [-0.2, 0) is 4.79 Å².